The predicted molar refractivity (Wildman–Crippen MR) is 94.3 cm³/mol. The van der Waals surface area contributed by atoms with Crippen molar-refractivity contribution in [1.29, 1.82) is 0 Å². The van der Waals surface area contributed by atoms with Gasteiger partial charge in [0.1, 0.15) is 12.4 Å². The number of benzene rings is 2. The number of urea groups is 1. The van der Waals surface area contributed by atoms with E-state index in [1.54, 1.807) is 0 Å². The molecule has 0 saturated carbocycles. The van der Waals surface area contributed by atoms with Crippen LogP contribution in [0.1, 0.15) is 22.3 Å². The average molecular weight is 312 g/mol. The number of anilines is 1. The van der Waals surface area contributed by atoms with Gasteiger partial charge in [-0.1, -0.05) is 29.8 Å². The Morgan fingerprint density at radius 1 is 1.00 bits per heavy atom. The van der Waals surface area contributed by atoms with Crippen molar-refractivity contribution in [2.75, 3.05) is 18.5 Å². The zero-order valence-corrected chi connectivity index (χ0v) is 14.2. The van der Waals surface area contributed by atoms with E-state index in [0.717, 1.165) is 28.1 Å². The lowest BCUT2D eigenvalue weighted by Crippen LogP contribution is -2.32. The SMILES string of the molecule is Cc1cccc(OCCNC(=O)Nc2c(C)cc(C)cc2C)c1. The van der Waals surface area contributed by atoms with E-state index in [2.05, 4.69) is 22.8 Å². The highest BCUT2D eigenvalue weighted by atomic mass is 16.5. The summed E-state index contributed by atoms with van der Waals surface area (Å²) in [5.74, 6) is 0.817. The quantitative estimate of drug-likeness (QED) is 0.816. The van der Waals surface area contributed by atoms with Crippen molar-refractivity contribution >= 4 is 11.7 Å². The molecule has 0 bridgehead atoms. The monoisotopic (exact) mass is 312 g/mol. The van der Waals surface area contributed by atoms with Crippen molar-refractivity contribution in [2.24, 2.45) is 0 Å². The van der Waals surface area contributed by atoms with Crippen molar-refractivity contribution in [3.8, 4) is 5.75 Å². The molecule has 0 aromatic heterocycles. The van der Waals surface area contributed by atoms with E-state index in [-0.39, 0.29) is 6.03 Å². The Bertz CT molecular complexity index is 673. The largest absolute Gasteiger partial charge is 0.492 e. The van der Waals surface area contributed by atoms with Crippen molar-refractivity contribution in [1.82, 2.24) is 5.32 Å². The normalized spacial score (nSPS) is 10.3. The number of carbonyl (C=O) groups excluding carboxylic acids is 1. The van der Waals surface area contributed by atoms with Gasteiger partial charge in [-0.25, -0.2) is 4.79 Å². The number of nitrogens with one attached hydrogen (secondary N) is 2. The molecule has 0 saturated heterocycles. The Kier molecular flexibility index (Phi) is 5.63. The van der Waals surface area contributed by atoms with Gasteiger partial charge in [0, 0.05) is 5.69 Å². The second kappa shape index (κ2) is 7.68. The minimum Gasteiger partial charge on any atom is -0.492 e. The molecular weight excluding hydrogens is 288 g/mol. The van der Waals surface area contributed by atoms with E-state index in [0.29, 0.717) is 13.2 Å². The predicted octanol–water partition coefficient (Wildman–Crippen LogP) is 4.12. The first-order valence-corrected chi connectivity index (χ1v) is 7.78. The zero-order valence-electron chi connectivity index (χ0n) is 14.2. The first-order valence-electron chi connectivity index (χ1n) is 7.78. The maximum atomic E-state index is 12.0. The number of rotatable bonds is 5. The van der Waals surface area contributed by atoms with E-state index in [9.17, 15) is 4.79 Å². The molecule has 2 rings (SSSR count). The first kappa shape index (κ1) is 16.9. The second-order valence-corrected chi connectivity index (χ2v) is 5.82. The molecule has 23 heavy (non-hydrogen) atoms. The second-order valence-electron chi connectivity index (χ2n) is 5.82. The summed E-state index contributed by atoms with van der Waals surface area (Å²) in [5.41, 5.74) is 5.34. The molecule has 0 aliphatic heterocycles. The van der Waals surface area contributed by atoms with E-state index < -0.39 is 0 Å². The maximum absolute atomic E-state index is 12.0. The third kappa shape index (κ3) is 5.02. The zero-order chi connectivity index (χ0) is 16.8. The van der Waals surface area contributed by atoms with E-state index in [4.69, 9.17) is 4.74 Å². The third-order valence-corrected chi connectivity index (χ3v) is 3.56. The number of carbonyl (C=O) groups is 1. The smallest absolute Gasteiger partial charge is 0.319 e. The summed E-state index contributed by atoms with van der Waals surface area (Å²) < 4.78 is 5.61. The topological polar surface area (TPSA) is 50.4 Å². The summed E-state index contributed by atoms with van der Waals surface area (Å²) in [5, 5.41) is 5.72. The molecule has 0 aliphatic carbocycles. The number of hydrogen-bond acceptors (Lipinski definition) is 2. The van der Waals surface area contributed by atoms with Crippen LogP contribution >= 0.6 is 0 Å². The number of aryl methyl sites for hydroxylation is 4. The van der Waals surface area contributed by atoms with Crippen LogP contribution < -0.4 is 15.4 Å². The molecule has 4 heteroatoms. The van der Waals surface area contributed by atoms with Crippen molar-refractivity contribution in [3.05, 3.63) is 58.7 Å². The van der Waals surface area contributed by atoms with E-state index in [1.165, 1.54) is 5.56 Å². The Balaban J connectivity index is 1.80. The molecule has 0 unspecified atom stereocenters. The minimum atomic E-state index is -0.215. The molecule has 0 aliphatic rings. The maximum Gasteiger partial charge on any atom is 0.319 e. The molecular formula is C19H24N2O2. The van der Waals surface area contributed by atoms with Crippen LogP contribution in [0.3, 0.4) is 0 Å². The number of amides is 2. The van der Waals surface area contributed by atoms with Gasteiger partial charge >= 0.3 is 6.03 Å². The fourth-order valence-electron chi connectivity index (χ4n) is 2.57. The molecule has 2 N–H and O–H groups in total. The molecule has 0 spiro atoms. The van der Waals surface area contributed by atoms with Crippen molar-refractivity contribution in [3.63, 3.8) is 0 Å². The highest BCUT2D eigenvalue weighted by Crippen LogP contribution is 2.21. The molecule has 0 atom stereocenters. The van der Waals surface area contributed by atoms with Gasteiger partial charge in [0.15, 0.2) is 0 Å². The molecule has 2 aromatic carbocycles. The lowest BCUT2D eigenvalue weighted by atomic mass is 10.1. The van der Waals surface area contributed by atoms with Gasteiger partial charge in [-0.05, 0) is 56.5 Å². The Morgan fingerprint density at radius 2 is 1.70 bits per heavy atom. The summed E-state index contributed by atoms with van der Waals surface area (Å²) in [4.78, 5) is 12.0. The van der Waals surface area contributed by atoms with Gasteiger partial charge in [0.05, 0.1) is 6.54 Å². The molecule has 4 nitrogen and oxygen atoms in total. The molecule has 2 aromatic rings. The van der Waals surface area contributed by atoms with Crippen LogP contribution in [-0.2, 0) is 0 Å². The van der Waals surface area contributed by atoms with Gasteiger partial charge in [-0.3, -0.25) is 0 Å². The van der Waals surface area contributed by atoms with Gasteiger partial charge < -0.3 is 15.4 Å². The molecule has 0 radical (unpaired) electrons. The molecule has 2 amide bonds. The van der Waals surface area contributed by atoms with Crippen molar-refractivity contribution < 1.29 is 9.53 Å². The van der Waals surface area contributed by atoms with Crippen LogP contribution in [0.2, 0.25) is 0 Å². The van der Waals surface area contributed by atoms with Crippen LogP contribution in [0.15, 0.2) is 36.4 Å². The van der Waals surface area contributed by atoms with Crippen LogP contribution in [-0.4, -0.2) is 19.2 Å². The fourth-order valence-corrected chi connectivity index (χ4v) is 2.57. The Hall–Kier alpha value is -2.49. The van der Waals surface area contributed by atoms with Crippen LogP contribution in [0.4, 0.5) is 10.5 Å². The standard InChI is InChI=1S/C19H24N2O2/c1-13-6-5-7-17(12-13)23-9-8-20-19(22)21-18-15(3)10-14(2)11-16(18)4/h5-7,10-12H,8-9H2,1-4H3,(H2,20,21,22). The summed E-state index contributed by atoms with van der Waals surface area (Å²) >= 11 is 0. The lowest BCUT2D eigenvalue weighted by Gasteiger charge is -2.14. The first-order chi connectivity index (χ1) is 11.0. The van der Waals surface area contributed by atoms with E-state index in [1.807, 2.05) is 52.0 Å². The highest BCUT2D eigenvalue weighted by Gasteiger charge is 2.07. The minimum absolute atomic E-state index is 0.215. The third-order valence-electron chi connectivity index (χ3n) is 3.56. The van der Waals surface area contributed by atoms with E-state index >= 15 is 0 Å². The summed E-state index contributed by atoms with van der Waals surface area (Å²) in [7, 11) is 0. The Labute approximate surface area is 137 Å². The van der Waals surface area contributed by atoms with Gasteiger partial charge in [-0.15, -0.1) is 0 Å². The number of hydrogen-bond donors (Lipinski definition) is 2. The van der Waals surface area contributed by atoms with Crippen molar-refractivity contribution in [2.45, 2.75) is 27.7 Å². The molecule has 122 valence electrons. The summed E-state index contributed by atoms with van der Waals surface area (Å²) in [6.45, 7) is 8.94. The lowest BCUT2D eigenvalue weighted by molar-refractivity contribution is 0.247. The van der Waals surface area contributed by atoms with Gasteiger partial charge in [-0.2, -0.15) is 0 Å². The fraction of sp³-hybridized carbons (Fsp3) is 0.316. The summed E-state index contributed by atoms with van der Waals surface area (Å²) in [6.07, 6.45) is 0. The number of ether oxygens (including phenoxy) is 1. The van der Waals surface area contributed by atoms with Gasteiger partial charge in [0.25, 0.3) is 0 Å². The summed E-state index contributed by atoms with van der Waals surface area (Å²) in [6, 6.07) is 11.8. The van der Waals surface area contributed by atoms with Crippen LogP contribution in [0.5, 0.6) is 5.75 Å². The average Bonchev–Trinajstić information content (AvgIpc) is 2.47. The molecule has 0 fully saturated rings. The van der Waals surface area contributed by atoms with Gasteiger partial charge in [0.2, 0.25) is 0 Å². The van der Waals surface area contributed by atoms with Crippen LogP contribution in [0.25, 0.3) is 0 Å². The van der Waals surface area contributed by atoms with Crippen LogP contribution in [0, 0.1) is 27.7 Å². The Morgan fingerprint density at radius 3 is 2.35 bits per heavy atom. The molecule has 0 heterocycles. The highest BCUT2D eigenvalue weighted by molar-refractivity contribution is 5.91.